The maximum Gasteiger partial charge on any atom is 0.417 e. The number of nitriles is 2. The lowest BCUT2D eigenvalue weighted by Gasteiger charge is -2.15. The third-order valence-corrected chi connectivity index (χ3v) is 4.56. The standard InChI is InChI=1S/C18H13F3N4OS/c1-10-7-15(18(19,20)21)14(9-23)17(24-10)27-11(2)16(26)25-13-5-3-12(8-22)4-6-13/h3-7,11H,1-2H3,(H,25,26). The Hall–Kier alpha value is -3.04. The van der Waals surface area contributed by atoms with Gasteiger partial charge in [0.1, 0.15) is 11.1 Å². The monoisotopic (exact) mass is 390 g/mol. The van der Waals surface area contributed by atoms with Gasteiger partial charge in [0.15, 0.2) is 0 Å². The van der Waals surface area contributed by atoms with Crippen LogP contribution in [0.4, 0.5) is 18.9 Å². The van der Waals surface area contributed by atoms with Crippen LogP contribution in [0.2, 0.25) is 0 Å². The first-order valence-electron chi connectivity index (χ1n) is 7.62. The van der Waals surface area contributed by atoms with E-state index in [0.717, 1.165) is 17.8 Å². The van der Waals surface area contributed by atoms with Gasteiger partial charge < -0.3 is 5.32 Å². The molecule has 0 saturated heterocycles. The molecule has 1 amide bonds. The van der Waals surface area contributed by atoms with Crippen molar-refractivity contribution in [3.63, 3.8) is 0 Å². The number of hydrogen-bond donors (Lipinski definition) is 1. The molecule has 138 valence electrons. The molecule has 0 aliphatic heterocycles. The third kappa shape index (κ3) is 4.99. The lowest BCUT2D eigenvalue weighted by Crippen LogP contribution is -2.23. The van der Waals surface area contributed by atoms with E-state index in [2.05, 4.69) is 10.3 Å². The smallest absolute Gasteiger partial charge is 0.325 e. The topological polar surface area (TPSA) is 89.6 Å². The van der Waals surface area contributed by atoms with Crippen molar-refractivity contribution in [2.24, 2.45) is 0 Å². The SMILES string of the molecule is Cc1cc(C(F)(F)F)c(C#N)c(SC(C)C(=O)Nc2ccc(C#N)cc2)n1. The van der Waals surface area contributed by atoms with Crippen LogP contribution in [-0.4, -0.2) is 16.1 Å². The molecule has 1 aromatic heterocycles. The Labute approximate surface area is 157 Å². The van der Waals surface area contributed by atoms with E-state index < -0.39 is 28.5 Å². The summed E-state index contributed by atoms with van der Waals surface area (Å²) in [4.78, 5) is 16.3. The molecular weight excluding hydrogens is 377 g/mol. The predicted molar refractivity (Wildman–Crippen MR) is 93.8 cm³/mol. The maximum atomic E-state index is 13.2. The molecule has 0 aliphatic carbocycles. The van der Waals surface area contributed by atoms with Crippen LogP contribution in [0, 0.1) is 29.6 Å². The van der Waals surface area contributed by atoms with Crippen LogP contribution in [0.5, 0.6) is 0 Å². The van der Waals surface area contributed by atoms with Crippen LogP contribution in [0.25, 0.3) is 0 Å². The van der Waals surface area contributed by atoms with Crippen molar-refractivity contribution >= 4 is 23.4 Å². The van der Waals surface area contributed by atoms with Crippen molar-refractivity contribution in [3.05, 3.63) is 52.7 Å². The molecule has 0 saturated carbocycles. The Kier molecular flexibility index (Phi) is 6.09. The van der Waals surface area contributed by atoms with Crippen LogP contribution in [-0.2, 0) is 11.0 Å². The molecule has 2 rings (SSSR count). The number of pyridine rings is 1. The highest BCUT2D eigenvalue weighted by atomic mass is 32.2. The van der Waals surface area contributed by atoms with Gasteiger partial charge in [0.2, 0.25) is 5.91 Å². The number of nitrogens with zero attached hydrogens (tertiary/aromatic N) is 3. The first-order valence-corrected chi connectivity index (χ1v) is 8.50. The summed E-state index contributed by atoms with van der Waals surface area (Å²) in [6.45, 7) is 2.89. The molecule has 5 nitrogen and oxygen atoms in total. The van der Waals surface area contributed by atoms with Gasteiger partial charge in [0.05, 0.1) is 28.0 Å². The van der Waals surface area contributed by atoms with E-state index in [1.165, 1.54) is 32.0 Å². The number of benzene rings is 1. The average molecular weight is 390 g/mol. The van der Waals surface area contributed by atoms with E-state index >= 15 is 0 Å². The number of nitrogens with one attached hydrogen (secondary N) is 1. The quantitative estimate of drug-likeness (QED) is 0.788. The number of carbonyl (C=O) groups is 1. The summed E-state index contributed by atoms with van der Waals surface area (Å²) in [5.74, 6) is -0.467. The van der Waals surface area contributed by atoms with Gasteiger partial charge in [0.25, 0.3) is 0 Å². The second kappa shape index (κ2) is 8.11. The molecular formula is C18H13F3N4OS. The summed E-state index contributed by atoms with van der Waals surface area (Å²) >= 11 is 0.776. The van der Waals surface area contributed by atoms with Crippen molar-refractivity contribution in [2.75, 3.05) is 5.32 Å². The van der Waals surface area contributed by atoms with Crippen molar-refractivity contribution in [1.82, 2.24) is 4.98 Å². The number of aryl methyl sites for hydroxylation is 1. The van der Waals surface area contributed by atoms with Gasteiger partial charge in [-0.15, -0.1) is 0 Å². The molecule has 2 aromatic rings. The number of anilines is 1. The Morgan fingerprint density at radius 2 is 1.85 bits per heavy atom. The van der Waals surface area contributed by atoms with Gasteiger partial charge in [0, 0.05) is 11.4 Å². The largest absolute Gasteiger partial charge is 0.417 e. The minimum atomic E-state index is -4.69. The van der Waals surface area contributed by atoms with Crippen LogP contribution in [0.1, 0.15) is 29.3 Å². The van der Waals surface area contributed by atoms with Crippen LogP contribution in [0.3, 0.4) is 0 Å². The number of carbonyl (C=O) groups excluding carboxylic acids is 1. The molecule has 0 fully saturated rings. The van der Waals surface area contributed by atoms with E-state index in [1.54, 1.807) is 12.1 Å². The second-order valence-electron chi connectivity index (χ2n) is 5.54. The summed E-state index contributed by atoms with van der Waals surface area (Å²) < 4.78 is 39.5. The van der Waals surface area contributed by atoms with Crippen LogP contribution >= 0.6 is 11.8 Å². The Morgan fingerprint density at radius 1 is 1.22 bits per heavy atom. The van der Waals surface area contributed by atoms with E-state index in [9.17, 15) is 18.0 Å². The highest BCUT2D eigenvalue weighted by Gasteiger charge is 2.36. The molecule has 0 bridgehead atoms. The Bertz CT molecular complexity index is 943. The first kappa shape index (κ1) is 20.3. The minimum absolute atomic E-state index is 0.100. The van der Waals surface area contributed by atoms with Crippen molar-refractivity contribution in [3.8, 4) is 12.1 Å². The molecule has 27 heavy (non-hydrogen) atoms. The van der Waals surface area contributed by atoms with E-state index in [1.807, 2.05) is 6.07 Å². The molecule has 0 aliphatic rings. The number of thioether (sulfide) groups is 1. The highest BCUT2D eigenvalue weighted by Crippen LogP contribution is 2.37. The fourth-order valence-electron chi connectivity index (χ4n) is 2.15. The number of aromatic nitrogens is 1. The summed E-state index contributed by atoms with van der Waals surface area (Å²) in [5.41, 5.74) is -0.697. The summed E-state index contributed by atoms with van der Waals surface area (Å²) in [6.07, 6.45) is -4.69. The Morgan fingerprint density at radius 3 is 2.37 bits per heavy atom. The van der Waals surface area contributed by atoms with E-state index in [4.69, 9.17) is 10.5 Å². The van der Waals surface area contributed by atoms with Crippen LogP contribution in [0.15, 0.2) is 35.4 Å². The van der Waals surface area contributed by atoms with Gasteiger partial charge in [-0.05, 0) is 44.2 Å². The normalized spacial score (nSPS) is 12.0. The van der Waals surface area contributed by atoms with Gasteiger partial charge in [-0.1, -0.05) is 11.8 Å². The van der Waals surface area contributed by atoms with Gasteiger partial charge in [-0.3, -0.25) is 4.79 Å². The summed E-state index contributed by atoms with van der Waals surface area (Å²) in [7, 11) is 0. The summed E-state index contributed by atoms with van der Waals surface area (Å²) in [5, 5.41) is 19.6. The molecule has 1 unspecified atom stereocenters. The molecule has 1 atom stereocenters. The van der Waals surface area contributed by atoms with E-state index in [-0.39, 0.29) is 10.7 Å². The van der Waals surface area contributed by atoms with Gasteiger partial charge in [-0.2, -0.15) is 23.7 Å². The predicted octanol–water partition coefficient (Wildman–Crippen LogP) is 4.27. The lowest BCUT2D eigenvalue weighted by molar-refractivity contribution is -0.138. The van der Waals surface area contributed by atoms with Crippen molar-refractivity contribution < 1.29 is 18.0 Å². The van der Waals surface area contributed by atoms with E-state index in [0.29, 0.717) is 11.3 Å². The molecule has 0 radical (unpaired) electrons. The Balaban J connectivity index is 2.23. The van der Waals surface area contributed by atoms with Crippen molar-refractivity contribution in [2.45, 2.75) is 30.3 Å². The van der Waals surface area contributed by atoms with Gasteiger partial charge in [-0.25, -0.2) is 4.98 Å². The average Bonchev–Trinajstić information content (AvgIpc) is 2.61. The first-order chi connectivity index (χ1) is 12.7. The zero-order chi connectivity index (χ0) is 20.2. The number of amides is 1. The molecule has 1 aromatic carbocycles. The summed E-state index contributed by atoms with van der Waals surface area (Å²) in [6, 6.07) is 10.4. The fraction of sp³-hybridized carbons (Fsp3) is 0.222. The minimum Gasteiger partial charge on any atom is -0.325 e. The highest BCUT2D eigenvalue weighted by molar-refractivity contribution is 8.00. The number of rotatable bonds is 4. The number of alkyl halides is 3. The zero-order valence-corrected chi connectivity index (χ0v) is 15.1. The number of hydrogen-bond acceptors (Lipinski definition) is 5. The maximum absolute atomic E-state index is 13.2. The second-order valence-corrected chi connectivity index (χ2v) is 6.87. The van der Waals surface area contributed by atoms with Crippen LogP contribution < -0.4 is 5.32 Å². The molecule has 0 spiro atoms. The lowest BCUT2D eigenvalue weighted by atomic mass is 10.1. The molecule has 1 N–H and O–H groups in total. The number of halogens is 3. The molecule has 9 heteroatoms. The molecule has 1 heterocycles. The zero-order valence-electron chi connectivity index (χ0n) is 14.3. The fourth-order valence-corrected chi connectivity index (χ4v) is 3.13. The third-order valence-electron chi connectivity index (χ3n) is 3.47. The van der Waals surface area contributed by atoms with Gasteiger partial charge >= 0.3 is 6.18 Å². The van der Waals surface area contributed by atoms with Crippen molar-refractivity contribution in [1.29, 1.82) is 10.5 Å².